The SMILES string of the molecule is O=C(/C=C/C(=O)On1cnc2c1CCC(C(=O)c1c(Cc3ccccc3)[nH]c3ccccc13)C2)On1cnc2c1CCC(C(=O)c1c(Cc3ccccc3)[nH]c3ccccc13)C2. The van der Waals surface area contributed by atoms with Gasteiger partial charge in [-0.05, 0) is 48.9 Å². The number of hydrogen-bond acceptors (Lipinski definition) is 8. The molecule has 2 aliphatic rings. The zero-order valence-electron chi connectivity index (χ0n) is 33.8. The van der Waals surface area contributed by atoms with Crippen molar-refractivity contribution >= 4 is 45.3 Å². The highest BCUT2D eigenvalue weighted by Crippen LogP contribution is 2.34. The topological polar surface area (TPSA) is 154 Å². The minimum Gasteiger partial charge on any atom is -0.357 e. The van der Waals surface area contributed by atoms with Crippen LogP contribution in [0.3, 0.4) is 0 Å². The van der Waals surface area contributed by atoms with E-state index in [4.69, 9.17) is 9.68 Å². The van der Waals surface area contributed by atoms with Crippen molar-refractivity contribution in [1.82, 2.24) is 29.4 Å². The summed E-state index contributed by atoms with van der Waals surface area (Å²) in [5.74, 6) is -2.02. The number of hydrogen-bond donors (Lipinski definition) is 2. The van der Waals surface area contributed by atoms with Crippen LogP contribution >= 0.6 is 0 Å². The number of benzene rings is 4. The Balaban J connectivity index is 0.764. The maximum absolute atomic E-state index is 14.2. The van der Waals surface area contributed by atoms with E-state index in [-0.39, 0.29) is 23.4 Å². The number of fused-ring (bicyclic) bond motifs is 4. The number of para-hydroxylation sites is 2. The van der Waals surface area contributed by atoms with Gasteiger partial charge in [-0.3, -0.25) is 9.59 Å². The summed E-state index contributed by atoms with van der Waals surface area (Å²) in [6, 6.07) is 35.9. The van der Waals surface area contributed by atoms with Crippen LogP contribution in [0, 0.1) is 11.8 Å². The predicted octanol–water partition coefficient (Wildman–Crippen LogP) is 7.37. The van der Waals surface area contributed by atoms with Crippen molar-refractivity contribution in [2.24, 2.45) is 11.8 Å². The number of rotatable bonds is 12. The summed E-state index contributed by atoms with van der Waals surface area (Å²) >= 11 is 0. The molecule has 0 amide bonds. The van der Waals surface area contributed by atoms with Crippen molar-refractivity contribution in [3.8, 4) is 0 Å². The zero-order valence-corrected chi connectivity index (χ0v) is 33.8. The Hall–Kier alpha value is -7.60. The third kappa shape index (κ3) is 7.55. The van der Waals surface area contributed by atoms with Gasteiger partial charge in [-0.25, -0.2) is 19.6 Å². The smallest absolute Gasteiger partial charge is 0.356 e. The Morgan fingerprint density at radius 1 is 0.565 bits per heavy atom. The molecule has 8 aromatic rings. The van der Waals surface area contributed by atoms with Crippen molar-refractivity contribution in [1.29, 1.82) is 0 Å². The summed E-state index contributed by atoms with van der Waals surface area (Å²) in [6.07, 6.45) is 8.97. The summed E-state index contributed by atoms with van der Waals surface area (Å²) in [4.78, 5) is 81.3. The third-order valence-electron chi connectivity index (χ3n) is 12.2. The average molecular weight is 823 g/mol. The van der Waals surface area contributed by atoms with Gasteiger partial charge in [0, 0.05) is 94.0 Å². The van der Waals surface area contributed by atoms with Gasteiger partial charge in [0.05, 0.1) is 22.8 Å². The minimum atomic E-state index is -0.789. The molecule has 10 rings (SSSR count). The number of carbonyl (C=O) groups is 4. The molecule has 0 saturated heterocycles. The maximum Gasteiger partial charge on any atom is 0.356 e. The number of H-pyrrole nitrogens is 2. The third-order valence-corrected chi connectivity index (χ3v) is 12.2. The van der Waals surface area contributed by atoms with Crippen LogP contribution in [0.5, 0.6) is 0 Å². The van der Waals surface area contributed by atoms with E-state index in [0.29, 0.717) is 85.3 Å². The zero-order chi connectivity index (χ0) is 42.2. The van der Waals surface area contributed by atoms with Crippen molar-refractivity contribution in [3.05, 3.63) is 190 Å². The Morgan fingerprint density at radius 2 is 0.968 bits per heavy atom. The van der Waals surface area contributed by atoms with E-state index >= 15 is 0 Å². The maximum atomic E-state index is 14.2. The van der Waals surface area contributed by atoms with Gasteiger partial charge in [-0.15, -0.1) is 0 Å². The normalized spacial score (nSPS) is 16.0. The Morgan fingerprint density at radius 3 is 1.40 bits per heavy atom. The van der Waals surface area contributed by atoms with E-state index < -0.39 is 11.9 Å². The Labute approximate surface area is 356 Å². The lowest BCUT2D eigenvalue weighted by Crippen LogP contribution is -2.27. The fraction of sp³-hybridized carbons (Fsp3) is 0.200. The molecule has 0 radical (unpaired) electrons. The molecule has 2 N–H and O–H groups in total. The number of nitrogens with one attached hydrogen (secondary N) is 2. The van der Waals surface area contributed by atoms with Gasteiger partial charge in [0.15, 0.2) is 11.6 Å². The molecule has 308 valence electrons. The lowest BCUT2D eigenvalue weighted by Gasteiger charge is -2.21. The number of ketones is 2. The van der Waals surface area contributed by atoms with E-state index in [1.807, 2.05) is 84.9 Å². The molecular weight excluding hydrogens is 781 g/mol. The summed E-state index contributed by atoms with van der Waals surface area (Å²) in [5, 5.41) is 1.81. The number of nitrogens with zero attached hydrogens (tertiary/aromatic N) is 4. The van der Waals surface area contributed by atoms with Crippen LogP contribution in [0.2, 0.25) is 0 Å². The molecule has 4 aromatic heterocycles. The van der Waals surface area contributed by atoms with Gasteiger partial charge in [-0.2, -0.15) is 9.46 Å². The predicted molar refractivity (Wildman–Crippen MR) is 232 cm³/mol. The second-order valence-corrected chi connectivity index (χ2v) is 16.1. The molecular formula is C50H42N6O6. The van der Waals surface area contributed by atoms with Crippen LogP contribution < -0.4 is 9.68 Å². The lowest BCUT2D eigenvalue weighted by atomic mass is 9.83. The minimum absolute atomic E-state index is 0.0676. The van der Waals surface area contributed by atoms with Crippen LogP contribution in [0.1, 0.15) is 78.8 Å². The molecule has 2 aliphatic carbocycles. The monoisotopic (exact) mass is 822 g/mol. The molecule has 12 heteroatoms. The molecule has 12 nitrogen and oxygen atoms in total. The van der Waals surface area contributed by atoms with E-state index in [1.165, 1.54) is 22.1 Å². The van der Waals surface area contributed by atoms with Gasteiger partial charge in [0.2, 0.25) is 0 Å². The highest BCUT2D eigenvalue weighted by molar-refractivity contribution is 6.11. The fourth-order valence-corrected chi connectivity index (χ4v) is 9.16. The Kier molecular flexibility index (Phi) is 10.2. The Bertz CT molecular complexity index is 2820. The average Bonchev–Trinajstić information content (AvgIpc) is 4.08. The summed E-state index contributed by atoms with van der Waals surface area (Å²) in [6.45, 7) is 0. The van der Waals surface area contributed by atoms with Gasteiger partial charge >= 0.3 is 11.9 Å². The summed E-state index contributed by atoms with van der Waals surface area (Å²) < 4.78 is 2.62. The van der Waals surface area contributed by atoms with Crippen molar-refractivity contribution < 1.29 is 28.9 Å². The van der Waals surface area contributed by atoms with Crippen molar-refractivity contribution in [2.45, 2.75) is 51.4 Å². The summed E-state index contributed by atoms with van der Waals surface area (Å²) in [5.41, 5.74) is 10.1. The largest absolute Gasteiger partial charge is 0.357 e. The first-order valence-electron chi connectivity index (χ1n) is 20.9. The number of Topliss-reactive ketones (excluding diaryl/α,β-unsaturated/α-hetero) is 2. The molecule has 4 heterocycles. The molecule has 0 aliphatic heterocycles. The van der Waals surface area contributed by atoms with Gasteiger partial charge in [0.1, 0.15) is 12.7 Å². The number of imidazole rings is 2. The van der Waals surface area contributed by atoms with Gasteiger partial charge in [-0.1, -0.05) is 97.1 Å². The quantitative estimate of drug-likeness (QED) is 0.0958. The number of aromatic amines is 2. The van der Waals surface area contributed by atoms with Crippen LogP contribution in [0.4, 0.5) is 0 Å². The van der Waals surface area contributed by atoms with E-state index in [9.17, 15) is 19.2 Å². The van der Waals surface area contributed by atoms with Crippen LogP contribution in [-0.2, 0) is 48.1 Å². The second kappa shape index (κ2) is 16.5. The molecule has 0 spiro atoms. The second-order valence-electron chi connectivity index (χ2n) is 16.1. The molecule has 0 saturated carbocycles. The lowest BCUT2D eigenvalue weighted by molar-refractivity contribution is -0.141. The fourth-order valence-electron chi connectivity index (χ4n) is 9.16. The standard InChI is InChI=1S/C50H42N6O6/c57-45(61-55-29-51-39-27-33(19-21-43(39)55)49(59)47-35-15-7-9-17-37(35)53-41(47)25-31-11-3-1-4-12-31)23-24-46(58)62-56-30-52-40-28-34(20-22-44(40)56)50(60)48-36-16-8-10-18-38(36)54-42(48)26-32-13-5-2-6-14-32/h1-18,23-24,29-30,33-34,53-54H,19-22,25-28H2/b24-23+. The number of carbonyl (C=O) groups excluding carboxylic acids is 4. The molecule has 62 heavy (non-hydrogen) atoms. The van der Waals surface area contributed by atoms with Crippen LogP contribution in [-0.4, -0.2) is 52.9 Å². The molecule has 4 aromatic carbocycles. The van der Waals surface area contributed by atoms with Gasteiger partial charge < -0.3 is 19.6 Å². The van der Waals surface area contributed by atoms with E-state index in [2.05, 4.69) is 44.2 Å². The molecule has 0 bridgehead atoms. The van der Waals surface area contributed by atoms with Crippen LogP contribution in [0.15, 0.2) is 134 Å². The molecule has 0 fully saturated rings. The number of aromatic nitrogens is 6. The first kappa shape index (κ1) is 38.6. The van der Waals surface area contributed by atoms with Crippen molar-refractivity contribution in [3.63, 3.8) is 0 Å². The first-order valence-corrected chi connectivity index (χ1v) is 20.9. The highest BCUT2D eigenvalue weighted by Gasteiger charge is 2.34. The van der Waals surface area contributed by atoms with Gasteiger partial charge in [0.25, 0.3) is 0 Å². The van der Waals surface area contributed by atoms with Crippen LogP contribution in [0.25, 0.3) is 21.8 Å². The van der Waals surface area contributed by atoms with E-state index in [0.717, 1.165) is 56.5 Å². The molecule has 2 atom stereocenters. The summed E-state index contributed by atoms with van der Waals surface area (Å²) in [7, 11) is 0. The highest BCUT2D eigenvalue weighted by atomic mass is 16.7. The van der Waals surface area contributed by atoms with Crippen molar-refractivity contribution in [2.75, 3.05) is 0 Å². The first-order chi connectivity index (χ1) is 30.4. The van der Waals surface area contributed by atoms with E-state index in [1.54, 1.807) is 0 Å². The molecule has 2 unspecified atom stereocenters.